The van der Waals surface area contributed by atoms with Crippen molar-refractivity contribution in [2.24, 2.45) is 0 Å². The summed E-state index contributed by atoms with van der Waals surface area (Å²) in [4.78, 5) is 0. The summed E-state index contributed by atoms with van der Waals surface area (Å²) >= 11 is 0. The Labute approximate surface area is 122 Å². The van der Waals surface area contributed by atoms with Crippen LogP contribution in [0.2, 0.25) is 0 Å². The highest BCUT2D eigenvalue weighted by Gasteiger charge is 2.23. The number of benzene rings is 1. The Morgan fingerprint density at radius 1 is 1.05 bits per heavy atom. The van der Waals surface area contributed by atoms with Gasteiger partial charge in [0, 0.05) is 0 Å². The molecule has 1 fully saturated rings. The summed E-state index contributed by atoms with van der Waals surface area (Å²) in [6, 6.07) is 8.12. The first-order valence-electron chi connectivity index (χ1n) is 7.79. The van der Waals surface area contributed by atoms with Gasteiger partial charge in [-0.15, -0.1) is 0 Å². The van der Waals surface area contributed by atoms with Crippen LogP contribution in [0.4, 0.5) is 0 Å². The summed E-state index contributed by atoms with van der Waals surface area (Å²) in [6.07, 6.45) is 5.22. The highest BCUT2D eigenvalue weighted by atomic mass is 16.6. The van der Waals surface area contributed by atoms with Crippen molar-refractivity contribution in [2.75, 3.05) is 19.8 Å². The summed E-state index contributed by atoms with van der Waals surface area (Å²) in [7, 11) is 0. The number of rotatable bonds is 7. The van der Waals surface area contributed by atoms with Crippen LogP contribution in [0.3, 0.4) is 0 Å². The minimum atomic E-state index is 0.0631. The molecule has 0 aromatic heterocycles. The number of hydrogen-bond acceptors (Lipinski definition) is 3. The van der Waals surface area contributed by atoms with Gasteiger partial charge < -0.3 is 14.2 Å². The predicted molar refractivity (Wildman–Crippen MR) is 80.2 cm³/mol. The maximum absolute atomic E-state index is 5.94. The van der Waals surface area contributed by atoms with Crippen LogP contribution in [-0.2, 0) is 9.47 Å². The molecule has 2 atom stereocenters. The van der Waals surface area contributed by atoms with E-state index in [1.165, 1.54) is 24.8 Å². The van der Waals surface area contributed by atoms with Gasteiger partial charge in [-0.05, 0) is 31.0 Å². The molecule has 1 heterocycles. The Hall–Kier alpha value is -1.06. The Bertz CT molecular complexity index is 366. The van der Waals surface area contributed by atoms with E-state index in [9.17, 15) is 0 Å². The van der Waals surface area contributed by atoms with Crippen molar-refractivity contribution in [2.45, 2.75) is 51.7 Å². The minimum Gasteiger partial charge on any atom is -0.494 e. The third kappa shape index (κ3) is 4.50. The molecule has 112 valence electrons. The van der Waals surface area contributed by atoms with Crippen molar-refractivity contribution in [3.8, 4) is 5.75 Å². The number of hydrogen-bond donors (Lipinski definition) is 0. The van der Waals surface area contributed by atoms with Crippen LogP contribution in [-0.4, -0.2) is 25.9 Å². The second-order valence-corrected chi connectivity index (χ2v) is 5.28. The zero-order valence-electron chi connectivity index (χ0n) is 12.6. The van der Waals surface area contributed by atoms with Crippen LogP contribution in [0, 0.1) is 0 Å². The van der Waals surface area contributed by atoms with Gasteiger partial charge in [0.25, 0.3) is 0 Å². The molecule has 1 aliphatic rings. The van der Waals surface area contributed by atoms with E-state index in [0.717, 1.165) is 12.2 Å². The summed E-state index contributed by atoms with van der Waals surface area (Å²) in [5.74, 6) is 0.908. The van der Waals surface area contributed by atoms with Crippen molar-refractivity contribution in [3.63, 3.8) is 0 Å². The van der Waals surface area contributed by atoms with Gasteiger partial charge in [-0.1, -0.05) is 38.3 Å². The van der Waals surface area contributed by atoms with Crippen molar-refractivity contribution in [3.05, 3.63) is 29.8 Å². The zero-order valence-corrected chi connectivity index (χ0v) is 12.6. The van der Waals surface area contributed by atoms with E-state index in [0.29, 0.717) is 19.8 Å². The van der Waals surface area contributed by atoms with Crippen molar-refractivity contribution < 1.29 is 14.2 Å². The van der Waals surface area contributed by atoms with Gasteiger partial charge in [-0.25, -0.2) is 0 Å². The zero-order chi connectivity index (χ0) is 14.2. The van der Waals surface area contributed by atoms with Gasteiger partial charge in [0.15, 0.2) is 0 Å². The number of ether oxygens (including phenoxy) is 3. The summed E-state index contributed by atoms with van der Waals surface area (Å²) < 4.78 is 17.3. The molecule has 1 aromatic rings. The smallest absolute Gasteiger partial charge is 0.119 e. The maximum atomic E-state index is 5.94. The van der Waals surface area contributed by atoms with E-state index < -0.39 is 0 Å². The van der Waals surface area contributed by atoms with Gasteiger partial charge in [-0.2, -0.15) is 0 Å². The Balaban J connectivity index is 1.78. The molecular weight excluding hydrogens is 252 g/mol. The van der Waals surface area contributed by atoms with Crippen LogP contribution in [0.1, 0.15) is 51.2 Å². The van der Waals surface area contributed by atoms with E-state index in [4.69, 9.17) is 14.2 Å². The normalized spacial score (nSPS) is 22.7. The third-order valence-electron chi connectivity index (χ3n) is 3.66. The molecule has 0 amide bonds. The van der Waals surface area contributed by atoms with Crippen LogP contribution in [0.5, 0.6) is 5.75 Å². The first kappa shape index (κ1) is 15.3. The average molecular weight is 278 g/mol. The standard InChI is InChI=1S/C17H26O3/c1-3-5-6-7-16-12-20-17(13-19-16)14-8-10-15(11-9-14)18-4-2/h8-11,16-17H,3-7,12-13H2,1-2H3/t16-,17-/m0/s1. The third-order valence-corrected chi connectivity index (χ3v) is 3.66. The van der Waals surface area contributed by atoms with Gasteiger partial charge in [0.1, 0.15) is 11.9 Å². The van der Waals surface area contributed by atoms with E-state index in [2.05, 4.69) is 19.1 Å². The molecule has 20 heavy (non-hydrogen) atoms. The van der Waals surface area contributed by atoms with Crippen molar-refractivity contribution in [1.29, 1.82) is 0 Å². The molecule has 0 saturated carbocycles. The molecule has 0 N–H and O–H groups in total. The van der Waals surface area contributed by atoms with Crippen molar-refractivity contribution >= 4 is 0 Å². The summed E-state index contributed by atoms with van der Waals surface area (Å²) in [5, 5.41) is 0. The molecule has 1 aromatic carbocycles. The summed E-state index contributed by atoms with van der Waals surface area (Å²) in [6.45, 7) is 6.28. The van der Waals surface area contributed by atoms with Gasteiger partial charge in [0.2, 0.25) is 0 Å². The lowest BCUT2D eigenvalue weighted by Gasteiger charge is -2.30. The monoisotopic (exact) mass is 278 g/mol. The average Bonchev–Trinajstić information content (AvgIpc) is 2.49. The first-order chi connectivity index (χ1) is 9.83. The molecular formula is C17H26O3. The number of unbranched alkanes of at least 4 members (excludes halogenated alkanes) is 2. The highest BCUT2D eigenvalue weighted by molar-refractivity contribution is 5.28. The largest absolute Gasteiger partial charge is 0.494 e. The second kappa shape index (κ2) is 8.28. The molecule has 0 spiro atoms. The van der Waals surface area contributed by atoms with Crippen LogP contribution < -0.4 is 4.74 Å². The predicted octanol–water partition coefficient (Wildman–Crippen LogP) is 4.12. The highest BCUT2D eigenvalue weighted by Crippen LogP contribution is 2.26. The molecule has 0 bridgehead atoms. The van der Waals surface area contributed by atoms with Crippen molar-refractivity contribution in [1.82, 2.24) is 0 Å². The first-order valence-corrected chi connectivity index (χ1v) is 7.79. The van der Waals surface area contributed by atoms with E-state index >= 15 is 0 Å². The SMILES string of the molecule is CCCCC[C@H]1CO[C@H](c2ccc(OCC)cc2)CO1. The molecule has 1 aliphatic heterocycles. The summed E-state index contributed by atoms with van der Waals surface area (Å²) in [5.41, 5.74) is 1.17. The molecule has 0 unspecified atom stereocenters. The molecule has 0 radical (unpaired) electrons. The van der Waals surface area contributed by atoms with E-state index in [1.807, 2.05) is 19.1 Å². The lowest BCUT2D eigenvalue weighted by molar-refractivity contribution is -0.137. The maximum Gasteiger partial charge on any atom is 0.119 e. The van der Waals surface area contributed by atoms with Crippen LogP contribution >= 0.6 is 0 Å². The quantitative estimate of drug-likeness (QED) is 0.702. The Kier molecular flexibility index (Phi) is 6.34. The van der Waals surface area contributed by atoms with Gasteiger partial charge >= 0.3 is 0 Å². The molecule has 0 aliphatic carbocycles. The lowest BCUT2D eigenvalue weighted by Crippen LogP contribution is -2.31. The second-order valence-electron chi connectivity index (χ2n) is 5.28. The molecule has 2 rings (SSSR count). The molecule has 3 nitrogen and oxygen atoms in total. The van der Waals surface area contributed by atoms with Crippen LogP contribution in [0.15, 0.2) is 24.3 Å². The molecule has 1 saturated heterocycles. The van der Waals surface area contributed by atoms with E-state index in [-0.39, 0.29) is 12.2 Å². The van der Waals surface area contributed by atoms with Crippen LogP contribution in [0.25, 0.3) is 0 Å². The fourth-order valence-electron chi connectivity index (χ4n) is 2.47. The van der Waals surface area contributed by atoms with Gasteiger partial charge in [-0.3, -0.25) is 0 Å². The molecule has 3 heteroatoms. The van der Waals surface area contributed by atoms with E-state index in [1.54, 1.807) is 0 Å². The topological polar surface area (TPSA) is 27.7 Å². The Morgan fingerprint density at radius 2 is 1.85 bits per heavy atom. The van der Waals surface area contributed by atoms with Gasteiger partial charge in [0.05, 0.1) is 25.9 Å². The fourth-order valence-corrected chi connectivity index (χ4v) is 2.47. The Morgan fingerprint density at radius 3 is 2.45 bits per heavy atom. The minimum absolute atomic E-state index is 0.0631. The lowest BCUT2D eigenvalue weighted by atomic mass is 10.1. The fraction of sp³-hybridized carbons (Fsp3) is 0.647.